The lowest BCUT2D eigenvalue weighted by Crippen LogP contribution is -2.14. The molecule has 19 heavy (non-hydrogen) atoms. The molecule has 1 saturated carbocycles. The molecule has 0 amide bonds. The second-order valence-corrected chi connectivity index (χ2v) is 5.97. The zero-order valence-corrected chi connectivity index (χ0v) is 12.6. The highest BCUT2D eigenvalue weighted by Crippen LogP contribution is 2.26. The predicted octanol–water partition coefficient (Wildman–Crippen LogP) is 4.37. The predicted molar refractivity (Wildman–Crippen MR) is 81.6 cm³/mol. The number of hydrogen-bond acceptors (Lipinski definition) is 2. The van der Waals surface area contributed by atoms with Crippen LogP contribution >= 0.6 is 0 Å². The van der Waals surface area contributed by atoms with E-state index in [0.29, 0.717) is 0 Å². The topological polar surface area (TPSA) is 29.9 Å². The van der Waals surface area contributed by atoms with Gasteiger partial charge in [-0.15, -0.1) is 0 Å². The summed E-state index contributed by atoms with van der Waals surface area (Å²) in [4.78, 5) is 4.60. The minimum absolute atomic E-state index is 0.946. The molecule has 108 valence electrons. The van der Waals surface area contributed by atoms with Crippen molar-refractivity contribution in [2.75, 3.05) is 11.9 Å². The van der Waals surface area contributed by atoms with Gasteiger partial charge in [-0.25, -0.2) is 4.98 Å². The third-order valence-corrected chi connectivity index (χ3v) is 4.21. The Morgan fingerprint density at radius 2 is 2.11 bits per heavy atom. The molecule has 0 saturated heterocycles. The number of anilines is 1. The lowest BCUT2D eigenvalue weighted by Gasteiger charge is -2.21. The minimum atomic E-state index is 0.946. The van der Waals surface area contributed by atoms with E-state index in [2.05, 4.69) is 34.9 Å². The van der Waals surface area contributed by atoms with Gasteiger partial charge in [0.25, 0.3) is 0 Å². The van der Waals surface area contributed by atoms with Crippen LogP contribution in [-0.4, -0.2) is 16.1 Å². The van der Waals surface area contributed by atoms with Crippen LogP contribution in [-0.2, 0) is 6.54 Å². The molecule has 1 aliphatic rings. The summed E-state index contributed by atoms with van der Waals surface area (Å²) in [5, 5.41) is 3.54. The zero-order chi connectivity index (χ0) is 13.5. The summed E-state index contributed by atoms with van der Waals surface area (Å²) in [6.07, 6.45) is 13.1. The molecule has 1 aromatic rings. The lowest BCUT2D eigenvalue weighted by molar-refractivity contribution is 0.345. The van der Waals surface area contributed by atoms with Gasteiger partial charge in [0.05, 0.1) is 5.69 Å². The average Bonchev–Trinajstić information content (AvgIpc) is 2.78. The molecule has 0 radical (unpaired) electrons. The number of aryl methyl sites for hydroxylation is 2. The van der Waals surface area contributed by atoms with Crippen LogP contribution in [0.2, 0.25) is 0 Å². The Morgan fingerprint density at radius 1 is 1.32 bits per heavy atom. The Balaban J connectivity index is 1.77. The van der Waals surface area contributed by atoms with Gasteiger partial charge in [0.15, 0.2) is 0 Å². The molecule has 0 bridgehead atoms. The largest absolute Gasteiger partial charge is 0.356 e. The van der Waals surface area contributed by atoms with Gasteiger partial charge in [-0.1, -0.05) is 45.4 Å². The van der Waals surface area contributed by atoms with Crippen LogP contribution in [0.1, 0.15) is 64.0 Å². The molecule has 2 rings (SSSR count). The van der Waals surface area contributed by atoms with Crippen molar-refractivity contribution in [3.05, 3.63) is 11.9 Å². The average molecular weight is 263 g/mol. The molecule has 1 fully saturated rings. The first-order valence-corrected chi connectivity index (χ1v) is 8.07. The third kappa shape index (κ3) is 4.55. The number of hydrogen-bond donors (Lipinski definition) is 1. The fourth-order valence-electron chi connectivity index (χ4n) is 3.05. The van der Waals surface area contributed by atoms with Crippen molar-refractivity contribution in [1.29, 1.82) is 0 Å². The highest BCUT2D eigenvalue weighted by molar-refractivity contribution is 5.28. The molecule has 0 aromatic carbocycles. The molecule has 0 aliphatic heterocycles. The van der Waals surface area contributed by atoms with E-state index < -0.39 is 0 Å². The van der Waals surface area contributed by atoms with Crippen molar-refractivity contribution in [2.24, 2.45) is 5.92 Å². The fourth-order valence-corrected chi connectivity index (χ4v) is 3.05. The van der Waals surface area contributed by atoms with Crippen LogP contribution in [0.25, 0.3) is 0 Å². The van der Waals surface area contributed by atoms with Gasteiger partial charge in [0.2, 0.25) is 5.95 Å². The summed E-state index contributed by atoms with van der Waals surface area (Å²) in [6, 6.07) is 0. The van der Waals surface area contributed by atoms with Gasteiger partial charge in [-0.05, 0) is 25.7 Å². The van der Waals surface area contributed by atoms with E-state index in [0.717, 1.165) is 30.6 Å². The second kappa shape index (κ2) is 7.56. The van der Waals surface area contributed by atoms with Crippen molar-refractivity contribution in [3.8, 4) is 0 Å². The number of nitrogens with zero attached hydrogens (tertiary/aromatic N) is 2. The standard InChI is InChI=1S/C16H29N3/c1-3-4-12-19-13-14(2)18-16(19)17-11-10-15-8-6-5-7-9-15/h13,15H,3-12H2,1-2H3,(H,17,18). The molecular formula is C16H29N3. The molecule has 0 spiro atoms. The highest BCUT2D eigenvalue weighted by atomic mass is 15.2. The van der Waals surface area contributed by atoms with E-state index in [1.54, 1.807) is 0 Å². The normalized spacial score (nSPS) is 16.7. The van der Waals surface area contributed by atoms with Gasteiger partial charge < -0.3 is 9.88 Å². The number of imidazole rings is 1. The summed E-state index contributed by atoms with van der Waals surface area (Å²) < 4.78 is 2.28. The Labute approximate surface area is 117 Å². The molecule has 0 atom stereocenters. The van der Waals surface area contributed by atoms with Gasteiger partial charge in [0, 0.05) is 19.3 Å². The van der Waals surface area contributed by atoms with Crippen LogP contribution in [0.3, 0.4) is 0 Å². The van der Waals surface area contributed by atoms with Gasteiger partial charge >= 0.3 is 0 Å². The first-order chi connectivity index (χ1) is 9.29. The Kier molecular flexibility index (Phi) is 5.74. The quantitative estimate of drug-likeness (QED) is 0.791. The van der Waals surface area contributed by atoms with Crippen LogP contribution in [0.5, 0.6) is 0 Å². The van der Waals surface area contributed by atoms with Crippen LogP contribution in [0, 0.1) is 12.8 Å². The highest BCUT2D eigenvalue weighted by Gasteiger charge is 2.13. The molecule has 0 unspecified atom stereocenters. The van der Waals surface area contributed by atoms with E-state index >= 15 is 0 Å². The second-order valence-electron chi connectivity index (χ2n) is 5.97. The summed E-state index contributed by atoms with van der Waals surface area (Å²) >= 11 is 0. The fraction of sp³-hybridized carbons (Fsp3) is 0.812. The first-order valence-electron chi connectivity index (χ1n) is 8.07. The summed E-state index contributed by atoms with van der Waals surface area (Å²) in [5.41, 5.74) is 1.12. The van der Waals surface area contributed by atoms with Crippen molar-refractivity contribution in [3.63, 3.8) is 0 Å². The van der Waals surface area contributed by atoms with E-state index in [4.69, 9.17) is 0 Å². The maximum atomic E-state index is 4.60. The Bertz CT molecular complexity index is 364. The van der Waals surface area contributed by atoms with E-state index in [9.17, 15) is 0 Å². The Hall–Kier alpha value is -0.990. The summed E-state index contributed by atoms with van der Waals surface area (Å²) in [6.45, 7) is 6.48. The third-order valence-electron chi connectivity index (χ3n) is 4.21. The lowest BCUT2D eigenvalue weighted by atomic mass is 9.87. The van der Waals surface area contributed by atoms with Crippen molar-refractivity contribution < 1.29 is 0 Å². The van der Waals surface area contributed by atoms with Crippen molar-refractivity contribution in [2.45, 2.75) is 71.8 Å². The molecule has 1 aliphatic carbocycles. The molecule has 1 N–H and O–H groups in total. The van der Waals surface area contributed by atoms with Crippen LogP contribution in [0.15, 0.2) is 6.20 Å². The maximum Gasteiger partial charge on any atom is 0.203 e. The van der Waals surface area contributed by atoms with Gasteiger partial charge in [-0.2, -0.15) is 0 Å². The van der Waals surface area contributed by atoms with Crippen LogP contribution < -0.4 is 5.32 Å². The molecule has 3 nitrogen and oxygen atoms in total. The number of nitrogens with one attached hydrogen (secondary N) is 1. The first kappa shape index (κ1) is 14.4. The number of aromatic nitrogens is 2. The summed E-state index contributed by atoms with van der Waals surface area (Å²) in [5.74, 6) is 2.02. The van der Waals surface area contributed by atoms with Crippen LogP contribution in [0.4, 0.5) is 5.95 Å². The zero-order valence-electron chi connectivity index (χ0n) is 12.6. The van der Waals surface area contributed by atoms with Crippen molar-refractivity contribution in [1.82, 2.24) is 9.55 Å². The molecule has 1 heterocycles. The molecule has 3 heteroatoms. The monoisotopic (exact) mass is 263 g/mol. The van der Waals surface area contributed by atoms with E-state index in [1.807, 2.05) is 0 Å². The number of unbranched alkanes of at least 4 members (excludes halogenated alkanes) is 1. The SMILES string of the molecule is CCCCn1cc(C)nc1NCCC1CCCCC1. The van der Waals surface area contributed by atoms with Crippen molar-refractivity contribution >= 4 is 5.95 Å². The summed E-state index contributed by atoms with van der Waals surface area (Å²) in [7, 11) is 0. The number of rotatable bonds is 7. The van der Waals surface area contributed by atoms with Gasteiger partial charge in [-0.3, -0.25) is 0 Å². The maximum absolute atomic E-state index is 4.60. The Morgan fingerprint density at radius 3 is 2.84 bits per heavy atom. The smallest absolute Gasteiger partial charge is 0.203 e. The minimum Gasteiger partial charge on any atom is -0.356 e. The molecule has 1 aromatic heterocycles. The van der Waals surface area contributed by atoms with Gasteiger partial charge in [0.1, 0.15) is 0 Å². The molecular weight excluding hydrogens is 234 g/mol. The van der Waals surface area contributed by atoms with E-state index in [1.165, 1.54) is 51.4 Å². The van der Waals surface area contributed by atoms with E-state index in [-0.39, 0.29) is 0 Å².